The quantitative estimate of drug-likeness (QED) is 0.652. The Kier molecular flexibility index (Phi) is 6.84. The molecule has 1 aromatic rings. The molecule has 1 aromatic heterocycles. The molecule has 0 saturated carbocycles. The van der Waals surface area contributed by atoms with Crippen LogP contribution in [0.4, 0.5) is 0 Å². The maximum absolute atomic E-state index is 5.37. The summed E-state index contributed by atoms with van der Waals surface area (Å²) < 4.78 is 12.2. The van der Waals surface area contributed by atoms with Crippen LogP contribution in [0.25, 0.3) is 0 Å². The van der Waals surface area contributed by atoms with Gasteiger partial charge in [0.2, 0.25) is 0 Å². The van der Waals surface area contributed by atoms with Crippen molar-refractivity contribution >= 4 is 0 Å². The van der Waals surface area contributed by atoms with Gasteiger partial charge < -0.3 is 14.8 Å². The zero-order chi connectivity index (χ0) is 12.5. The van der Waals surface area contributed by atoms with Crippen molar-refractivity contribution in [3.05, 3.63) is 17.5 Å². The first-order valence-corrected chi connectivity index (χ1v) is 6.01. The molecule has 0 aliphatic carbocycles. The van der Waals surface area contributed by atoms with Crippen LogP contribution in [0.15, 0.2) is 6.07 Å². The molecule has 0 radical (unpaired) electrons. The van der Waals surface area contributed by atoms with Gasteiger partial charge in [-0.2, -0.15) is 5.10 Å². The van der Waals surface area contributed by atoms with E-state index < -0.39 is 0 Å². The van der Waals surface area contributed by atoms with Crippen LogP contribution in [0.3, 0.4) is 0 Å². The molecule has 1 heterocycles. The fourth-order valence-electron chi connectivity index (χ4n) is 1.59. The van der Waals surface area contributed by atoms with E-state index in [4.69, 9.17) is 9.47 Å². The molecular formula is C12H23N3O2. The van der Waals surface area contributed by atoms with Gasteiger partial charge in [-0.15, -0.1) is 0 Å². The molecule has 0 aliphatic heterocycles. The summed E-state index contributed by atoms with van der Waals surface area (Å²) in [4.78, 5) is 0. The number of methoxy groups -OCH3 is 1. The number of aromatic nitrogens is 2. The third-order valence-electron chi connectivity index (χ3n) is 2.48. The smallest absolute Gasteiger partial charge is 0.0700 e. The SMILES string of the molecule is COCCOCCCNCc1cc(C)nn1C. The number of nitrogens with zero attached hydrogens (tertiary/aromatic N) is 2. The number of nitrogens with one attached hydrogen (secondary N) is 1. The molecular weight excluding hydrogens is 218 g/mol. The van der Waals surface area contributed by atoms with E-state index in [0.29, 0.717) is 13.2 Å². The Balaban J connectivity index is 1.99. The predicted octanol–water partition coefficient (Wildman–Crippen LogP) is 0.871. The Labute approximate surface area is 103 Å². The minimum absolute atomic E-state index is 0.668. The number of hydrogen-bond acceptors (Lipinski definition) is 4. The molecule has 0 aromatic carbocycles. The monoisotopic (exact) mass is 241 g/mol. The molecule has 0 saturated heterocycles. The van der Waals surface area contributed by atoms with Gasteiger partial charge in [0.25, 0.3) is 0 Å². The normalized spacial score (nSPS) is 11.0. The molecule has 5 heteroatoms. The third kappa shape index (κ3) is 5.81. The molecule has 0 atom stereocenters. The highest BCUT2D eigenvalue weighted by Gasteiger charge is 2.00. The lowest BCUT2D eigenvalue weighted by Gasteiger charge is -2.06. The van der Waals surface area contributed by atoms with E-state index in [-0.39, 0.29) is 0 Å². The minimum atomic E-state index is 0.668. The van der Waals surface area contributed by atoms with Gasteiger partial charge in [-0.3, -0.25) is 4.68 Å². The van der Waals surface area contributed by atoms with Crippen LogP contribution in [0, 0.1) is 6.92 Å². The first kappa shape index (κ1) is 14.2. The molecule has 0 fully saturated rings. The van der Waals surface area contributed by atoms with Crippen molar-refractivity contribution in [2.45, 2.75) is 19.9 Å². The van der Waals surface area contributed by atoms with Crippen LogP contribution in [0.2, 0.25) is 0 Å². The summed E-state index contributed by atoms with van der Waals surface area (Å²) in [5.41, 5.74) is 2.27. The molecule has 1 rings (SSSR count). The van der Waals surface area contributed by atoms with Crippen molar-refractivity contribution in [2.75, 3.05) is 33.5 Å². The Morgan fingerprint density at radius 3 is 2.82 bits per heavy atom. The molecule has 1 N–H and O–H groups in total. The summed E-state index contributed by atoms with van der Waals surface area (Å²) in [5.74, 6) is 0. The van der Waals surface area contributed by atoms with Crippen molar-refractivity contribution < 1.29 is 9.47 Å². The van der Waals surface area contributed by atoms with Gasteiger partial charge in [-0.25, -0.2) is 0 Å². The molecule has 0 aliphatic rings. The van der Waals surface area contributed by atoms with Crippen LogP contribution >= 0.6 is 0 Å². The largest absolute Gasteiger partial charge is 0.382 e. The Morgan fingerprint density at radius 2 is 2.18 bits per heavy atom. The van der Waals surface area contributed by atoms with Crippen LogP contribution in [-0.4, -0.2) is 43.3 Å². The van der Waals surface area contributed by atoms with Crippen LogP contribution < -0.4 is 5.32 Å². The maximum atomic E-state index is 5.37. The van der Waals surface area contributed by atoms with E-state index >= 15 is 0 Å². The van der Waals surface area contributed by atoms with Gasteiger partial charge in [-0.05, 0) is 26.0 Å². The van der Waals surface area contributed by atoms with Crippen LogP contribution in [0.5, 0.6) is 0 Å². The summed E-state index contributed by atoms with van der Waals surface area (Å²) in [5, 5.41) is 7.67. The van der Waals surface area contributed by atoms with E-state index in [1.165, 1.54) is 5.69 Å². The Hall–Kier alpha value is -0.910. The fraction of sp³-hybridized carbons (Fsp3) is 0.750. The van der Waals surface area contributed by atoms with Gasteiger partial charge in [0, 0.05) is 27.3 Å². The molecule has 0 amide bonds. The van der Waals surface area contributed by atoms with Crippen LogP contribution in [0.1, 0.15) is 17.8 Å². The summed E-state index contributed by atoms with van der Waals surface area (Å²) in [6.07, 6.45) is 1.01. The highest BCUT2D eigenvalue weighted by atomic mass is 16.5. The van der Waals surface area contributed by atoms with Crippen molar-refractivity contribution in [3.63, 3.8) is 0 Å². The number of rotatable bonds is 9. The highest BCUT2D eigenvalue weighted by Crippen LogP contribution is 2.00. The first-order chi connectivity index (χ1) is 8.24. The first-order valence-electron chi connectivity index (χ1n) is 6.01. The van der Waals surface area contributed by atoms with Gasteiger partial charge in [0.15, 0.2) is 0 Å². The van der Waals surface area contributed by atoms with E-state index in [2.05, 4.69) is 16.5 Å². The predicted molar refractivity (Wildman–Crippen MR) is 67.0 cm³/mol. The summed E-state index contributed by atoms with van der Waals surface area (Å²) >= 11 is 0. The molecule has 0 unspecified atom stereocenters. The second kappa shape index (κ2) is 8.22. The van der Waals surface area contributed by atoms with E-state index in [1.807, 2.05) is 18.7 Å². The molecule has 0 spiro atoms. The zero-order valence-corrected chi connectivity index (χ0v) is 11.0. The topological polar surface area (TPSA) is 48.3 Å². The van der Waals surface area contributed by atoms with Gasteiger partial charge in [0.05, 0.1) is 24.6 Å². The summed E-state index contributed by atoms with van der Waals surface area (Å²) in [7, 11) is 3.65. The number of aryl methyl sites for hydroxylation is 2. The summed E-state index contributed by atoms with van der Waals surface area (Å²) in [6.45, 7) is 5.94. The summed E-state index contributed by atoms with van der Waals surface area (Å²) in [6, 6.07) is 2.10. The van der Waals surface area contributed by atoms with E-state index in [0.717, 1.165) is 31.8 Å². The minimum Gasteiger partial charge on any atom is -0.382 e. The second-order valence-electron chi connectivity index (χ2n) is 4.04. The van der Waals surface area contributed by atoms with E-state index in [1.54, 1.807) is 7.11 Å². The molecule has 17 heavy (non-hydrogen) atoms. The van der Waals surface area contributed by atoms with Gasteiger partial charge in [0.1, 0.15) is 0 Å². The lowest BCUT2D eigenvalue weighted by Crippen LogP contribution is -2.18. The van der Waals surface area contributed by atoms with Gasteiger partial charge in [-0.1, -0.05) is 0 Å². The standard InChI is InChI=1S/C12H23N3O2/c1-11-9-12(15(2)14-11)10-13-5-4-6-17-8-7-16-3/h9,13H,4-8,10H2,1-3H3. The number of ether oxygens (including phenoxy) is 2. The average molecular weight is 241 g/mol. The van der Waals surface area contributed by atoms with Crippen molar-refractivity contribution in [1.82, 2.24) is 15.1 Å². The third-order valence-corrected chi connectivity index (χ3v) is 2.48. The maximum Gasteiger partial charge on any atom is 0.0700 e. The fourth-order valence-corrected chi connectivity index (χ4v) is 1.59. The average Bonchev–Trinajstić information content (AvgIpc) is 2.61. The number of hydrogen-bond donors (Lipinski definition) is 1. The van der Waals surface area contributed by atoms with Crippen LogP contribution in [-0.2, 0) is 23.1 Å². The lowest BCUT2D eigenvalue weighted by atomic mass is 10.3. The molecule has 5 nitrogen and oxygen atoms in total. The Bertz CT molecular complexity index is 313. The highest BCUT2D eigenvalue weighted by molar-refractivity contribution is 5.08. The van der Waals surface area contributed by atoms with Gasteiger partial charge >= 0.3 is 0 Å². The van der Waals surface area contributed by atoms with Crippen molar-refractivity contribution in [3.8, 4) is 0 Å². The molecule has 98 valence electrons. The Morgan fingerprint density at radius 1 is 1.35 bits per heavy atom. The lowest BCUT2D eigenvalue weighted by molar-refractivity contribution is 0.0694. The van der Waals surface area contributed by atoms with E-state index in [9.17, 15) is 0 Å². The second-order valence-corrected chi connectivity index (χ2v) is 4.04. The van der Waals surface area contributed by atoms with Crippen molar-refractivity contribution in [2.24, 2.45) is 7.05 Å². The zero-order valence-electron chi connectivity index (χ0n) is 11.0. The van der Waals surface area contributed by atoms with Crippen molar-refractivity contribution in [1.29, 1.82) is 0 Å². The molecule has 0 bridgehead atoms.